The molecular weight excluding hydrogens is 410 g/mol. The van der Waals surface area contributed by atoms with E-state index in [4.69, 9.17) is 19.2 Å². The zero-order valence-electron chi connectivity index (χ0n) is 18.3. The Kier molecular flexibility index (Phi) is 4.73. The molecule has 9 heteroatoms. The van der Waals surface area contributed by atoms with Crippen LogP contribution in [0.5, 0.6) is 17.2 Å². The van der Waals surface area contributed by atoms with Crippen LogP contribution in [-0.4, -0.2) is 54.4 Å². The number of H-pyrrole nitrogens is 1. The molecule has 0 fully saturated rings. The number of fused-ring (bicyclic) bond motifs is 2. The largest absolute Gasteiger partial charge is 0.493 e. The van der Waals surface area contributed by atoms with Gasteiger partial charge in [0, 0.05) is 24.8 Å². The van der Waals surface area contributed by atoms with Gasteiger partial charge in [0.1, 0.15) is 0 Å². The van der Waals surface area contributed by atoms with Crippen molar-refractivity contribution in [3.63, 3.8) is 0 Å². The monoisotopic (exact) mass is 433 g/mol. The van der Waals surface area contributed by atoms with E-state index in [1.165, 1.54) is 11.3 Å². The lowest BCUT2D eigenvalue weighted by molar-refractivity contribution is 0.324. The molecule has 5 rings (SSSR count). The van der Waals surface area contributed by atoms with Gasteiger partial charge in [-0.1, -0.05) is 0 Å². The second kappa shape index (κ2) is 7.60. The second-order valence-electron chi connectivity index (χ2n) is 7.59. The van der Waals surface area contributed by atoms with Gasteiger partial charge in [-0.2, -0.15) is 0 Å². The van der Waals surface area contributed by atoms with Gasteiger partial charge in [0.25, 0.3) is 0 Å². The first-order valence-electron chi connectivity index (χ1n) is 10.2. The molecule has 2 aromatic heterocycles. The first kappa shape index (κ1) is 19.9. The number of aromatic nitrogens is 4. The van der Waals surface area contributed by atoms with Crippen LogP contribution in [0.1, 0.15) is 5.56 Å². The first-order chi connectivity index (χ1) is 15.5. The number of rotatable bonds is 5. The van der Waals surface area contributed by atoms with Gasteiger partial charge >= 0.3 is 5.69 Å². The van der Waals surface area contributed by atoms with E-state index in [-0.39, 0.29) is 5.69 Å². The van der Waals surface area contributed by atoms with Gasteiger partial charge in [-0.05, 0) is 42.3 Å². The van der Waals surface area contributed by atoms with Gasteiger partial charge in [-0.15, -0.1) is 0 Å². The molecule has 0 spiro atoms. The van der Waals surface area contributed by atoms with Crippen LogP contribution in [0.25, 0.3) is 28.2 Å². The summed E-state index contributed by atoms with van der Waals surface area (Å²) in [6.45, 7) is 0.965. The van der Waals surface area contributed by atoms with Crippen LogP contribution in [0.4, 0.5) is 5.69 Å². The summed E-state index contributed by atoms with van der Waals surface area (Å²) >= 11 is 0. The van der Waals surface area contributed by atoms with Gasteiger partial charge in [-0.25, -0.2) is 19.3 Å². The number of methoxy groups -OCH3 is 3. The van der Waals surface area contributed by atoms with Gasteiger partial charge in [0.15, 0.2) is 22.8 Å². The summed E-state index contributed by atoms with van der Waals surface area (Å²) in [5, 5.41) is 0. The van der Waals surface area contributed by atoms with Crippen LogP contribution in [0.3, 0.4) is 0 Å². The summed E-state index contributed by atoms with van der Waals surface area (Å²) in [7, 11) is 6.74. The molecule has 32 heavy (non-hydrogen) atoms. The second-order valence-corrected chi connectivity index (χ2v) is 7.59. The van der Waals surface area contributed by atoms with Crippen LogP contribution >= 0.6 is 0 Å². The van der Waals surface area contributed by atoms with E-state index >= 15 is 0 Å². The van der Waals surface area contributed by atoms with E-state index in [1.807, 2.05) is 18.2 Å². The Labute approximate surface area is 184 Å². The minimum atomic E-state index is -0.284. The summed E-state index contributed by atoms with van der Waals surface area (Å²) in [6, 6.07) is 9.62. The van der Waals surface area contributed by atoms with E-state index in [2.05, 4.69) is 21.9 Å². The number of ether oxygens (including phenoxy) is 3. The highest BCUT2D eigenvalue weighted by atomic mass is 16.5. The van der Waals surface area contributed by atoms with Gasteiger partial charge in [0.05, 0.1) is 38.9 Å². The topological polar surface area (TPSA) is 94.5 Å². The summed E-state index contributed by atoms with van der Waals surface area (Å²) in [5.74, 6) is 1.52. The summed E-state index contributed by atoms with van der Waals surface area (Å²) in [5.41, 5.74) is 5.04. The van der Waals surface area contributed by atoms with Crippen molar-refractivity contribution in [2.75, 3.05) is 39.8 Å². The zero-order valence-corrected chi connectivity index (χ0v) is 18.3. The third kappa shape index (κ3) is 3.05. The van der Waals surface area contributed by atoms with E-state index in [0.717, 1.165) is 24.2 Å². The maximum absolute atomic E-state index is 12.8. The Balaban J connectivity index is 1.67. The Morgan fingerprint density at radius 1 is 1.03 bits per heavy atom. The van der Waals surface area contributed by atoms with Crippen molar-refractivity contribution in [2.45, 2.75) is 6.42 Å². The number of anilines is 1. The molecule has 0 aliphatic carbocycles. The molecular formula is C23H23N5O4. The Hall–Kier alpha value is -4.01. The fourth-order valence-corrected chi connectivity index (χ4v) is 4.18. The number of hydrogen-bond donors (Lipinski definition) is 1. The first-order valence-corrected chi connectivity index (χ1v) is 10.2. The molecule has 1 aliphatic heterocycles. The number of aromatic amines is 1. The van der Waals surface area contributed by atoms with Gasteiger partial charge < -0.3 is 19.1 Å². The number of nitrogens with zero attached hydrogens (tertiary/aromatic N) is 4. The third-order valence-electron chi connectivity index (χ3n) is 5.80. The number of imidazole rings is 1. The molecule has 164 valence electrons. The van der Waals surface area contributed by atoms with Crippen LogP contribution in [0.15, 0.2) is 41.3 Å². The molecule has 1 N–H and O–H groups in total. The molecule has 2 aromatic carbocycles. The lowest BCUT2D eigenvalue weighted by Crippen LogP contribution is -2.15. The molecule has 0 radical (unpaired) electrons. The Morgan fingerprint density at radius 2 is 1.78 bits per heavy atom. The smallest absolute Gasteiger partial charge is 0.333 e. The van der Waals surface area contributed by atoms with Crippen LogP contribution < -0.4 is 24.8 Å². The molecule has 0 atom stereocenters. The molecule has 0 amide bonds. The average molecular weight is 433 g/mol. The minimum Gasteiger partial charge on any atom is -0.493 e. The highest BCUT2D eigenvalue weighted by molar-refractivity contribution is 5.75. The molecule has 0 bridgehead atoms. The van der Waals surface area contributed by atoms with Gasteiger partial charge in [0.2, 0.25) is 5.75 Å². The van der Waals surface area contributed by atoms with Crippen LogP contribution in [0.2, 0.25) is 0 Å². The minimum absolute atomic E-state index is 0.284. The molecule has 4 aromatic rings. The lowest BCUT2D eigenvalue weighted by Gasteiger charge is -2.14. The van der Waals surface area contributed by atoms with Crippen molar-refractivity contribution in [1.82, 2.24) is 19.5 Å². The third-order valence-corrected chi connectivity index (χ3v) is 5.80. The van der Waals surface area contributed by atoms with Crippen LogP contribution in [-0.2, 0) is 6.42 Å². The fourth-order valence-electron chi connectivity index (χ4n) is 4.18. The molecule has 0 saturated carbocycles. The summed E-state index contributed by atoms with van der Waals surface area (Å²) in [6.07, 6.45) is 2.56. The quantitative estimate of drug-likeness (QED) is 0.517. The summed E-state index contributed by atoms with van der Waals surface area (Å²) in [4.78, 5) is 27.0. The highest BCUT2D eigenvalue weighted by Crippen LogP contribution is 2.41. The Bertz CT molecular complexity index is 1370. The maximum Gasteiger partial charge on any atom is 0.333 e. The zero-order chi connectivity index (χ0) is 22.4. The van der Waals surface area contributed by atoms with E-state index in [1.54, 1.807) is 44.2 Å². The predicted molar refractivity (Wildman–Crippen MR) is 122 cm³/mol. The van der Waals surface area contributed by atoms with Crippen molar-refractivity contribution in [2.24, 2.45) is 0 Å². The standard InChI is InChI=1S/C23H23N5O4/c1-27-8-7-13-9-15(5-6-17(13)27)28-22-21(26-23(28)29)24-12-16(25-22)14-10-18(30-2)20(32-4)19(11-14)31-3/h5-6,9-12H,7-8H2,1-4H3,(H,24,26,29). The molecule has 0 unspecified atom stereocenters. The van der Waals surface area contributed by atoms with Gasteiger partial charge in [-0.3, -0.25) is 4.98 Å². The SMILES string of the molecule is COc1cc(-c2cnc3[nH]c(=O)n(-c4ccc5c(c4)CCN5C)c3n2)cc(OC)c1OC. The average Bonchev–Trinajstić information content (AvgIpc) is 3.35. The lowest BCUT2D eigenvalue weighted by atomic mass is 10.1. The maximum atomic E-state index is 12.8. The Morgan fingerprint density at radius 3 is 2.47 bits per heavy atom. The van der Waals surface area contributed by atoms with Crippen molar-refractivity contribution >= 4 is 17.0 Å². The van der Waals surface area contributed by atoms with Crippen LogP contribution in [0, 0.1) is 0 Å². The fraction of sp³-hybridized carbons (Fsp3) is 0.261. The summed E-state index contributed by atoms with van der Waals surface area (Å²) < 4.78 is 17.9. The highest BCUT2D eigenvalue weighted by Gasteiger charge is 2.20. The number of benzene rings is 2. The molecule has 0 saturated heterocycles. The number of hydrogen-bond acceptors (Lipinski definition) is 7. The number of likely N-dealkylation sites (N-methyl/N-ethyl adjacent to an activating group) is 1. The van der Waals surface area contributed by atoms with Crippen molar-refractivity contribution < 1.29 is 14.2 Å². The predicted octanol–water partition coefficient (Wildman–Crippen LogP) is 2.79. The van der Waals surface area contributed by atoms with Crippen molar-refractivity contribution in [3.8, 4) is 34.2 Å². The van der Waals surface area contributed by atoms with E-state index < -0.39 is 0 Å². The molecule has 1 aliphatic rings. The van der Waals surface area contributed by atoms with Crippen molar-refractivity contribution in [1.29, 1.82) is 0 Å². The molecule has 3 heterocycles. The van der Waals surface area contributed by atoms with E-state index in [0.29, 0.717) is 34.2 Å². The van der Waals surface area contributed by atoms with E-state index in [9.17, 15) is 4.79 Å². The normalized spacial score (nSPS) is 12.8. The number of nitrogens with one attached hydrogen (secondary N) is 1. The molecule has 9 nitrogen and oxygen atoms in total. The van der Waals surface area contributed by atoms with Crippen molar-refractivity contribution in [3.05, 3.63) is 52.6 Å².